The minimum atomic E-state index is -3.34. The minimum absolute atomic E-state index is 0.154. The summed E-state index contributed by atoms with van der Waals surface area (Å²) in [6, 6.07) is 6.81. The molecule has 1 aromatic heterocycles. The molecule has 3 rings (SSSR count). The Bertz CT molecular complexity index is 874. The molecule has 1 aliphatic heterocycles. The molecule has 0 bridgehead atoms. The summed E-state index contributed by atoms with van der Waals surface area (Å²) in [5, 5.41) is 6.78. The fourth-order valence-electron chi connectivity index (χ4n) is 2.95. The van der Waals surface area contributed by atoms with Crippen LogP contribution in [0.25, 0.3) is 0 Å². The highest BCUT2D eigenvalue weighted by Crippen LogP contribution is 2.31. The highest BCUT2D eigenvalue weighted by Gasteiger charge is 2.18. The molecular weight excluding hydrogens is 372 g/mol. The summed E-state index contributed by atoms with van der Waals surface area (Å²) in [5.74, 6) is 0.339. The van der Waals surface area contributed by atoms with Crippen LogP contribution in [0.15, 0.2) is 30.5 Å². The highest BCUT2D eigenvalue weighted by atomic mass is 32.2. The van der Waals surface area contributed by atoms with E-state index in [0.717, 1.165) is 37.8 Å². The third kappa shape index (κ3) is 5.52. The molecule has 2 aromatic rings. The molecule has 1 aromatic carbocycles. The van der Waals surface area contributed by atoms with Gasteiger partial charge in [-0.15, -0.1) is 11.3 Å². The second kappa shape index (κ2) is 8.15. The fraction of sp³-hybridized carbons (Fsp3) is 0.412. The van der Waals surface area contributed by atoms with E-state index in [9.17, 15) is 13.2 Å². The van der Waals surface area contributed by atoms with Crippen molar-refractivity contribution < 1.29 is 13.2 Å². The number of carbonyl (C=O) groups excluding carboxylic acids is 1. The third-order valence-electron chi connectivity index (χ3n) is 4.11. The number of nitrogens with one attached hydrogen (secondary N) is 3. The molecule has 1 saturated heterocycles. The molecule has 7 nitrogen and oxygen atoms in total. The molecule has 0 unspecified atom stereocenters. The van der Waals surface area contributed by atoms with Crippen molar-refractivity contribution in [1.29, 1.82) is 0 Å². The number of sulfonamides is 1. The van der Waals surface area contributed by atoms with Crippen molar-refractivity contribution in [2.45, 2.75) is 25.2 Å². The number of anilines is 2. The van der Waals surface area contributed by atoms with Crippen molar-refractivity contribution in [1.82, 2.24) is 10.3 Å². The minimum Gasteiger partial charge on any atom is -0.317 e. The van der Waals surface area contributed by atoms with Gasteiger partial charge in [-0.1, -0.05) is 12.1 Å². The maximum absolute atomic E-state index is 12.3. The summed E-state index contributed by atoms with van der Waals surface area (Å²) in [7, 11) is -3.34. The Balaban J connectivity index is 1.59. The van der Waals surface area contributed by atoms with Gasteiger partial charge in [0, 0.05) is 16.8 Å². The molecule has 0 spiro atoms. The number of aromatic nitrogens is 1. The van der Waals surface area contributed by atoms with Crippen molar-refractivity contribution in [3.63, 3.8) is 0 Å². The molecule has 0 aliphatic carbocycles. The maximum Gasteiger partial charge on any atom is 0.230 e. The summed E-state index contributed by atoms with van der Waals surface area (Å²) >= 11 is 1.53. The van der Waals surface area contributed by atoms with Gasteiger partial charge in [0.25, 0.3) is 0 Å². The average Bonchev–Trinajstić information content (AvgIpc) is 3.02. The zero-order valence-electron chi connectivity index (χ0n) is 14.5. The Kier molecular flexibility index (Phi) is 5.90. The highest BCUT2D eigenvalue weighted by molar-refractivity contribution is 7.92. The zero-order valence-corrected chi connectivity index (χ0v) is 16.1. The van der Waals surface area contributed by atoms with Crippen LogP contribution in [0.3, 0.4) is 0 Å². The predicted octanol–water partition coefficient (Wildman–Crippen LogP) is 2.16. The standard InChI is InChI=1S/C17H22N4O3S2/c1-26(23,24)21-14-4-2-3-12(9-14)10-16(22)20-17-19-11-15(25-17)13-5-7-18-8-6-13/h2-4,9,11,13,18,21H,5-8,10H2,1H3,(H,19,20,22). The molecular formula is C17H22N4O3S2. The number of piperidine rings is 1. The van der Waals surface area contributed by atoms with Gasteiger partial charge in [0.15, 0.2) is 5.13 Å². The Morgan fingerprint density at radius 3 is 2.85 bits per heavy atom. The second-order valence-electron chi connectivity index (χ2n) is 6.39. The maximum atomic E-state index is 12.3. The molecule has 3 N–H and O–H groups in total. The Morgan fingerprint density at radius 1 is 1.35 bits per heavy atom. The lowest BCUT2D eigenvalue weighted by molar-refractivity contribution is -0.115. The first-order valence-corrected chi connectivity index (χ1v) is 11.1. The molecule has 0 atom stereocenters. The normalized spacial score (nSPS) is 15.6. The quantitative estimate of drug-likeness (QED) is 0.697. The van der Waals surface area contributed by atoms with Gasteiger partial charge >= 0.3 is 0 Å². The van der Waals surface area contributed by atoms with Crippen LogP contribution >= 0.6 is 11.3 Å². The Labute approximate surface area is 157 Å². The van der Waals surface area contributed by atoms with Crippen LogP contribution in [0.4, 0.5) is 10.8 Å². The number of hydrogen-bond acceptors (Lipinski definition) is 6. The SMILES string of the molecule is CS(=O)(=O)Nc1cccc(CC(=O)Nc2ncc(C3CCNCC3)s2)c1. The number of rotatable bonds is 6. The largest absolute Gasteiger partial charge is 0.317 e. The summed E-state index contributed by atoms with van der Waals surface area (Å²) in [5.41, 5.74) is 1.17. The summed E-state index contributed by atoms with van der Waals surface area (Å²) in [4.78, 5) is 17.8. The van der Waals surface area contributed by atoms with Gasteiger partial charge in [-0.25, -0.2) is 13.4 Å². The first kappa shape index (κ1) is 18.8. The number of hydrogen-bond donors (Lipinski definition) is 3. The molecule has 1 amide bonds. The molecule has 26 heavy (non-hydrogen) atoms. The molecule has 1 aliphatic rings. The Morgan fingerprint density at radius 2 is 2.12 bits per heavy atom. The number of carbonyl (C=O) groups is 1. The molecule has 1 fully saturated rings. The van der Waals surface area contributed by atoms with Crippen molar-refractivity contribution >= 4 is 38.1 Å². The van der Waals surface area contributed by atoms with Gasteiger partial charge in [0.05, 0.1) is 12.7 Å². The van der Waals surface area contributed by atoms with E-state index >= 15 is 0 Å². The fourth-order valence-corrected chi connectivity index (χ4v) is 4.50. The first-order chi connectivity index (χ1) is 12.4. The summed E-state index contributed by atoms with van der Waals surface area (Å²) in [6.45, 7) is 2.03. The van der Waals surface area contributed by atoms with Crippen LogP contribution in [0.5, 0.6) is 0 Å². The molecule has 140 valence electrons. The van der Waals surface area contributed by atoms with Gasteiger partial charge in [-0.05, 0) is 49.5 Å². The van der Waals surface area contributed by atoms with E-state index < -0.39 is 10.0 Å². The van der Waals surface area contributed by atoms with E-state index in [1.54, 1.807) is 24.3 Å². The topological polar surface area (TPSA) is 100 Å². The molecule has 2 heterocycles. The van der Waals surface area contributed by atoms with Crippen LogP contribution in [-0.4, -0.2) is 38.7 Å². The summed E-state index contributed by atoms with van der Waals surface area (Å²) < 4.78 is 25.0. The third-order valence-corrected chi connectivity index (χ3v) is 5.79. The second-order valence-corrected chi connectivity index (χ2v) is 9.20. The van der Waals surface area contributed by atoms with Gasteiger partial charge < -0.3 is 10.6 Å². The van der Waals surface area contributed by atoms with Crippen LogP contribution in [0.1, 0.15) is 29.2 Å². The monoisotopic (exact) mass is 394 g/mol. The van der Waals surface area contributed by atoms with Gasteiger partial charge in [0.2, 0.25) is 15.9 Å². The average molecular weight is 395 g/mol. The lowest BCUT2D eigenvalue weighted by Gasteiger charge is -2.20. The molecule has 0 saturated carbocycles. The number of amides is 1. The van der Waals surface area contributed by atoms with Crippen LogP contribution in [-0.2, 0) is 21.2 Å². The van der Waals surface area contributed by atoms with Crippen molar-refractivity contribution in [3.8, 4) is 0 Å². The lowest BCUT2D eigenvalue weighted by Crippen LogP contribution is -2.26. The zero-order chi connectivity index (χ0) is 18.6. The lowest BCUT2D eigenvalue weighted by atomic mass is 9.97. The van der Waals surface area contributed by atoms with E-state index in [0.29, 0.717) is 16.7 Å². The van der Waals surface area contributed by atoms with Crippen molar-refractivity contribution in [2.75, 3.05) is 29.4 Å². The van der Waals surface area contributed by atoms with E-state index in [-0.39, 0.29) is 12.3 Å². The van der Waals surface area contributed by atoms with Crippen molar-refractivity contribution in [3.05, 3.63) is 40.9 Å². The predicted molar refractivity (Wildman–Crippen MR) is 104 cm³/mol. The number of thiazole rings is 1. The smallest absolute Gasteiger partial charge is 0.230 e. The van der Waals surface area contributed by atoms with E-state index in [1.807, 2.05) is 6.20 Å². The van der Waals surface area contributed by atoms with E-state index in [4.69, 9.17) is 0 Å². The summed E-state index contributed by atoms with van der Waals surface area (Å²) in [6.07, 6.45) is 5.29. The van der Waals surface area contributed by atoms with Crippen LogP contribution in [0, 0.1) is 0 Å². The Hall–Kier alpha value is -1.97. The van der Waals surface area contributed by atoms with E-state index in [1.165, 1.54) is 16.2 Å². The number of nitrogens with zero attached hydrogens (tertiary/aromatic N) is 1. The molecule has 0 radical (unpaired) electrons. The van der Waals surface area contributed by atoms with Gasteiger partial charge in [0.1, 0.15) is 0 Å². The van der Waals surface area contributed by atoms with Gasteiger partial charge in [-0.2, -0.15) is 0 Å². The van der Waals surface area contributed by atoms with Crippen LogP contribution < -0.4 is 15.4 Å². The number of benzene rings is 1. The molecule has 9 heteroatoms. The first-order valence-electron chi connectivity index (χ1n) is 8.42. The van der Waals surface area contributed by atoms with Crippen LogP contribution in [0.2, 0.25) is 0 Å². The van der Waals surface area contributed by atoms with Gasteiger partial charge in [-0.3, -0.25) is 9.52 Å². The van der Waals surface area contributed by atoms with E-state index in [2.05, 4.69) is 20.3 Å². The van der Waals surface area contributed by atoms with Crippen molar-refractivity contribution in [2.24, 2.45) is 0 Å².